The van der Waals surface area contributed by atoms with Gasteiger partial charge in [-0.3, -0.25) is 9.59 Å². The van der Waals surface area contributed by atoms with E-state index in [2.05, 4.69) is 0 Å². The van der Waals surface area contributed by atoms with Crippen LogP contribution in [-0.4, -0.2) is 76.5 Å². The van der Waals surface area contributed by atoms with Gasteiger partial charge in [0.2, 0.25) is 5.91 Å². The number of likely N-dealkylation sites (tertiary alicyclic amines) is 3. The van der Waals surface area contributed by atoms with Crippen molar-refractivity contribution in [2.45, 2.75) is 51.5 Å². The zero-order valence-corrected chi connectivity index (χ0v) is 15.0. The second kappa shape index (κ2) is 7.62. The van der Waals surface area contributed by atoms with Gasteiger partial charge in [-0.05, 0) is 45.4 Å². The van der Waals surface area contributed by atoms with Crippen LogP contribution in [0.1, 0.15) is 45.4 Å². The van der Waals surface area contributed by atoms with E-state index < -0.39 is 11.9 Å². The summed E-state index contributed by atoms with van der Waals surface area (Å²) in [6.07, 6.45) is 5.09. The third-order valence-corrected chi connectivity index (χ3v) is 5.93. The molecule has 3 unspecified atom stereocenters. The second-order valence-electron chi connectivity index (χ2n) is 7.71. The maximum atomic E-state index is 13.0. The summed E-state index contributed by atoms with van der Waals surface area (Å²) in [7, 11) is 0. The molecule has 3 fully saturated rings. The smallest absolute Gasteiger partial charge is 0.320 e. The molecule has 0 spiro atoms. The molecule has 0 aliphatic carbocycles. The fourth-order valence-electron chi connectivity index (χ4n) is 4.31. The molecular formula is C18H29N3O4. The predicted molar refractivity (Wildman–Crippen MR) is 92.0 cm³/mol. The largest absolute Gasteiger partial charge is 0.481 e. The third-order valence-electron chi connectivity index (χ3n) is 5.93. The van der Waals surface area contributed by atoms with Crippen molar-refractivity contribution in [1.82, 2.24) is 14.7 Å². The lowest BCUT2D eigenvalue weighted by atomic mass is 9.90. The summed E-state index contributed by atoms with van der Waals surface area (Å²) in [6.45, 7) is 5.11. The molecule has 0 aromatic rings. The molecule has 0 saturated carbocycles. The van der Waals surface area contributed by atoms with Crippen molar-refractivity contribution in [3.05, 3.63) is 0 Å². The molecule has 3 saturated heterocycles. The van der Waals surface area contributed by atoms with Gasteiger partial charge in [-0.15, -0.1) is 0 Å². The van der Waals surface area contributed by atoms with Crippen molar-refractivity contribution in [3.8, 4) is 0 Å². The van der Waals surface area contributed by atoms with Crippen LogP contribution in [-0.2, 0) is 9.59 Å². The van der Waals surface area contributed by atoms with Crippen molar-refractivity contribution in [2.75, 3.05) is 32.7 Å². The van der Waals surface area contributed by atoms with Crippen LogP contribution in [0.3, 0.4) is 0 Å². The van der Waals surface area contributed by atoms with E-state index in [1.54, 1.807) is 4.90 Å². The fourth-order valence-corrected chi connectivity index (χ4v) is 4.31. The topological polar surface area (TPSA) is 81.2 Å². The number of hydrogen-bond acceptors (Lipinski definition) is 3. The lowest BCUT2D eigenvalue weighted by molar-refractivity contribution is -0.149. The van der Waals surface area contributed by atoms with Crippen LogP contribution < -0.4 is 0 Å². The summed E-state index contributed by atoms with van der Waals surface area (Å²) in [4.78, 5) is 42.4. The molecule has 7 nitrogen and oxygen atoms in total. The van der Waals surface area contributed by atoms with Crippen LogP contribution >= 0.6 is 0 Å². The van der Waals surface area contributed by atoms with Crippen molar-refractivity contribution >= 4 is 17.9 Å². The van der Waals surface area contributed by atoms with Gasteiger partial charge < -0.3 is 19.8 Å². The Morgan fingerprint density at radius 3 is 2.20 bits per heavy atom. The molecule has 1 N–H and O–H groups in total. The highest BCUT2D eigenvalue weighted by atomic mass is 16.4. The number of carboxylic acids is 1. The first-order valence-corrected chi connectivity index (χ1v) is 9.54. The molecule has 3 heterocycles. The average molecular weight is 351 g/mol. The standard InChI is InChI=1S/C18H29N3O4/c1-13-6-7-15(17(23)24)12-21(13)16(22)14-5-4-10-20(11-14)18(25)19-8-2-3-9-19/h13-15H,2-12H2,1H3,(H,23,24). The molecule has 3 atom stereocenters. The molecule has 0 aromatic heterocycles. The molecule has 0 radical (unpaired) electrons. The summed E-state index contributed by atoms with van der Waals surface area (Å²) < 4.78 is 0. The average Bonchev–Trinajstić information content (AvgIpc) is 3.15. The molecule has 3 rings (SSSR count). The zero-order valence-electron chi connectivity index (χ0n) is 15.0. The van der Waals surface area contributed by atoms with Gasteiger partial charge in [-0.25, -0.2) is 4.79 Å². The van der Waals surface area contributed by atoms with Gasteiger partial charge in [0.15, 0.2) is 0 Å². The highest BCUT2D eigenvalue weighted by Crippen LogP contribution is 2.27. The number of carbonyl (C=O) groups excluding carboxylic acids is 2. The number of rotatable bonds is 2. The van der Waals surface area contributed by atoms with E-state index >= 15 is 0 Å². The normalized spacial score (nSPS) is 30.4. The van der Waals surface area contributed by atoms with Crippen LogP contribution in [0.2, 0.25) is 0 Å². The predicted octanol–water partition coefficient (Wildman–Crippen LogP) is 1.63. The second-order valence-corrected chi connectivity index (χ2v) is 7.71. The minimum absolute atomic E-state index is 0.0253. The number of carboxylic acid groups (broad SMARTS) is 1. The van der Waals surface area contributed by atoms with Crippen LogP contribution in [0, 0.1) is 11.8 Å². The Hall–Kier alpha value is -1.79. The summed E-state index contributed by atoms with van der Waals surface area (Å²) in [5.41, 5.74) is 0. The summed E-state index contributed by atoms with van der Waals surface area (Å²) in [5.74, 6) is -1.46. The van der Waals surface area contributed by atoms with E-state index in [9.17, 15) is 19.5 Å². The Balaban J connectivity index is 1.62. The highest BCUT2D eigenvalue weighted by molar-refractivity contribution is 5.82. The van der Waals surface area contributed by atoms with Gasteiger partial charge in [-0.2, -0.15) is 0 Å². The van der Waals surface area contributed by atoms with Gasteiger partial charge >= 0.3 is 12.0 Å². The molecule has 7 heteroatoms. The highest BCUT2D eigenvalue weighted by Gasteiger charge is 2.38. The lowest BCUT2D eigenvalue weighted by Crippen LogP contribution is -2.54. The minimum atomic E-state index is -0.820. The first kappa shape index (κ1) is 18.0. The molecule has 0 bridgehead atoms. The van der Waals surface area contributed by atoms with Crippen molar-refractivity contribution in [3.63, 3.8) is 0 Å². The quantitative estimate of drug-likeness (QED) is 0.820. The van der Waals surface area contributed by atoms with E-state index in [0.717, 1.165) is 45.2 Å². The molecular weight excluding hydrogens is 322 g/mol. The zero-order chi connectivity index (χ0) is 18.0. The van der Waals surface area contributed by atoms with Crippen molar-refractivity contribution in [1.29, 1.82) is 0 Å². The van der Waals surface area contributed by atoms with E-state index in [4.69, 9.17) is 0 Å². The Morgan fingerprint density at radius 2 is 1.52 bits per heavy atom. The monoisotopic (exact) mass is 351 g/mol. The number of amides is 3. The number of carbonyl (C=O) groups is 3. The fraction of sp³-hybridized carbons (Fsp3) is 0.833. The van der Waals surface area contributed by atoms with E-state index in [1.165, 1.54) is 0 Å². The van der Waals surface area contributed by atoms with Crippen LogP contribution in [0.5, 0.6) is 0 Å². The maximum Gasteiger partial charge on any atom is 0.320 e. The molecule has 3 aliphatic heterocycles. The molecule has 0 aromatic carbocycles. The summed E-state index contributed by atoms with van der Waals surface area (Å²) in [5, 5.41) is 9.27. The van der Waals surface area contributed by atoms with Gasteiger partial charge in [0.1, 0.15) is 0 Å². The molecule has 140 valence electrons. The van der Waals surface area contributed by atoms with Crippen LogP contribution in [0.25, 0.3) is 0 Å². The van der Waals surface area contributed by atoms with E-state index in [1.807, 2.05) is 16.7 Å². The Morgan fingerprint density at radius 1 is 0.840 bits per heavy atom. The van der Waals surface area contributed by atoms with Crippen molar-refractivity contribution < 1.29 is 19.5 Å². The lowest BCUT2D eigenvalue weighted by Gasteiger charge is -2.41. The van der Waals surface area contributed by atoms with Gasteiger partial charge in [0.05, 0.1) is 11.8 Å². The van der Waals surface area contributed by atoms with Crippen molar-refractivity contribution in [2.24, 2.45) is 11.8 Å². The summed E-state index contributed by atoms with van der Waals surface area (Å²) >= 11 is 0. The maximum absolute atomic E-state index is 13.0. The Bertz CT molecular complexity index is 532. The third kappa shape index (κ3) is 3.90. The Kier molecular flexibility index (Phi) is 5.49. The van der Waals surface area contributed by atoms with E-state index in [-0.39, 0.29) is 23.9 Å². The first-order valence-electron chi connectivity index (χ1n) is 9.54. The van der Waals surface area contributed by atoms with Crippen LogP contribution in [0.15, 0.2) is 0 Å². The summed E-state index contributed by atoms with van der Waals surface area (Å²) in [6, 6.07) is 0.137. The van der Waals surface area contributed by atoms with Crippen LogP contribution in [0.4, 0.5) is 4.79 Å². The Labute approximate surface area is 148 Å². The number of piperidine rings is 2. The first-order chi connectivity index (χ1) is 12.0. The van der Waals surface area contributed by atoms with E-state index in [0.29, 0.717) is 26.1 Å². The SMILES string of the molecule is CC1CCC(C(=O)O)CN1C(=O)C1CCCN(C(=O)N2CCCC2)C1. The number of urea groups is 1. The van der Waals surface area contributed by atoms with Gasteiger partial charge in [0.25, 0.3) is 0 Å². The number of nitrogens with zero attached hydrogens (tertiary/aromatic N) is 3. The van der Waals surface area contributed by atoms with Gasteiger partial charge in [0, 0.05) is 38.8 Å². The number of hydrogen-bond donors (Lipinski definition) is 1. The molecule has 25 heavy (non-hydrogen) atoms. The number of aliphatic carboxylic acids is 1. The molecule has 3 amide bonds. The van der Waals surface area contributed by atoms with Gasteiger partial charge in [-0.1, -0.05) is 0 Å². The minimum Gasteiger partial charge on any atom is -0.481 e. The molecule has 3 aliphatic rings.